The van der Waals surface area contributed by atoms with E-state index < -0.39 is 0 Å². The number of ether oxygens (including phenoxy) is 1. The maximum atomic E-state index is 13.6. The van der Waals surface area contributed by atoms with Crippen molar-refractivity contribution in [2.45, 2.75) is 65.0 Å². The molecule has 0 radical (unpaired) electrons. The summed E-state index contributed by atoms with van der Waals surface area (Å²) in [6.07, 6.45) is 5.60. The van der Waals surface area contributed by atoms with E-state index in [0.717, 1.165) is 72.5 Å². The van der Waals surface area contributed by atoms with E-state index in [9.17, 15) is 10.1 Å². The number of aryl methyl sites for hydroxylation is 2. The highest BCUT2D eigenvalue weighted by molar-refractivity contribution is 5.70. The maximum Gasteiger partial charge on any atom is 0.257 e. The van der Waals surface area contributed by atoms with Gasteiger partial charge in [0.1, 0.15) is 5.82 Å². The molecule has 4 rings (SSSR count). The van der Waals surface area contributed by atoms with Crippen LogP contribution in [0.2, 0.25) is 0 Å². The smallest absolute Gasteiger partial charge is 0.257 e. The number of aromatic nitrogens is 2. The van der Waals surface area contributed by atoms with Crippen LogP contribution in [0.1, 0.15) is 60.8 Å². The Hall–Kier alpha value is -3.23. The Kier molecular flexibility index (Phi) is 7.36. The molecule has 1 fully saturated rings. The first-order valence-electron chi connectivity index (χ1n) is 11.9. The Morgan fingerprint density at radius 3 is 2.64 bits per heavy atom. The highest BCUT2D eigenvalue weighted by Crippen LogP contribution is 2.24. The van der Waals surface area contributed by atoms with Crippen molar-refractivity contribution in [2.75, 3.05) is 6.61 Å². The maximum absolute atomic E-state index is 13.6. The van der Waals surface area contributed by atoms with Gasteiger partial charge in [-0.2, -0.15) is 5.26 Å². The molecule has 1 aliphatic rings. The summed E-state index contributed by atoms with van der Waals surface area (Å²) in [6, 6.07) is 18.0. The fourth-order valence-electron chi connectivity index (χ4n) is 4.59. The van der Waals surface area contributed by atoms with E-state index in [-0.39, 0.29) is 11.7 Å². The normalized spacial score (nSPS) is 15.8. The van der Waals surface area contributed by atoms with Crippen LogP contribution in [0.15, 0.2) is 53.3 Å². The van der Waals surface area contributed by atoms with Crippen molar-refractivity contribution in [1.29, 1.82) is 5.26 Å². The third-order valence-corrected chi connectivity index (χ3v) is 6.38. The first-order valence-corrected chi connectivity index (χ1v) is 11.9. The summed E-state index contributed by atoms with van der Waals surface area (Å²) < 4.78 is 7.70. The molecular formula is C28H31N3O2. The fourth-order valence-corrected chi connectivity index (χ4v) is 4.59. The van der Waals surface area contributed by atoms with Crippen LogP contribution in [0.5, 0.6) is 0 Å². The van der Waals surface area contributed by atoms with Crippen LogP contribution in [-0.4, -0.2) is 22.3 Å². The molecule has 2 aromatic carbocycles. The number of rotatable bonds is 7. The van der Waals surface area contributed by atoms with E-state index in [4.69, 9.17) is 9.72 Å². The minimum Gasteiger partial charge on any atom is -0.376 e. The monoisotopic (exact) mass is 441 g/mol. The summed E-state index contributed by atoms with van der Waals surface area (Å²) in [5.41, 5.74) is 5.38. The number of hydrogen-bond acceptors (Lipinski definition) is 4. The van der Waals surface area contributed by atoms with Crippen LogP contribution in [0, 0.1) is 18.3 Å². The fraction of sp³-hybridized carbons (Fsp3) is 0.393. The molecule has 1 saturated heterocycles. The minimum absolute atomic E-state index is 0.0547. The van der Waals surface area contributed by atoms with E-state index in [1.54, 1.807) is 0 Å². The predicted octanol–water partition coefficient (Wildman–Crippen LogP) is 5.20. The summed E-state index contributed by atoms with van der Waals surface area (Å²) in [5.74, 6) is 0.768. The van der Waals surface area contributed by atoms with Gasteiger partial charge in [0, 0.05) is 18.6 Å². The third kappa shape index (κ3) is 5.23. The predicted molar refractivity (Wildman–Crippen MR) is 130 cm³/mol. The number of benzene rings is 2. The lowest BCUT2D eigenvalue weighted by molar-refractivity contribution is 0.00483. The molecule has 0 amide bonds. The number of nitrogens with zero attached hydrogens (tertiary/aromatic N) is 3. The van der Waals surface area contributed by atoms with Crippen molar-refractivity contribution in [3.05, 3.63) is 87.1 Å². The zero-order chi connectivity index (χ0) is 23.2. The van der Waals surface area contributed by atoms with Crippen LogP contribution < -0.4 is 5.56 Å². The van der Waals surface area contributed by atoms with Crippen LogP contribution >= 0.6 is 0 Å². The summed E-state index contributed by atoms with van der Waals surface area (Å²) in [5, 5.41) is 9.40. The van der Waals surface area contributed by atoms with Crippen molar-refractivity contribution in [2.24, 2.45) is 0 Å². The third-order valence-electron chi connectivity index (χ3n) is 6.38. The summed E-state index contributed by atoms with van der Waals surface area (Å²) >= 11 is 0. The van der Waals surface area contributed by atoms with Gasteiger partial charge in [0.05, 0.1) is 30.0 Å². The molecule has 1 unspecified atom stereocenters. The molecule has 0 saturated carbocycles. The van der Waals surface area contributed by atoms with Crippen molar-refractivity contribution in [3.8, 4) is 17.2 Å². The van der Waals surface area contributed by atoms with Gasteiger partial charge in [-0.3, -0.25) is 9.36 Å². The van der Waals surface area contributed by atoms with Crippen molar-refractivity contribution >= 4 is 0 Å². The molecule has 5 nitrogen and oxygen atoms in total. The lowest BCUT2D eigenvalue weighted by Gasteiger charge is -2.24. The highest BCUT2D eigenvalue weighted by atomic mass is 16.5. The Balaban J connectivity index is 1.64. The van der Waals surface area contributed by atoms with Crippen molar-refractivity contribution in [3.63, 3.8) is 0 Å². The molecule has 33 heavy (non-hydrogen) atoms. The molecule has 1 atom stereocenters. The molecule has 5 heteroatoms. The van der Waals surface area contributed by atoms with Gasteiger partial charge in [-0.1, -0.05) is 55.8 Å². The van der Waals surface area contributed by atoms with E-state index in [1.165, 1.54) is 0 Å². The number of hydrogen-bond donors (Lipinski definition) is 0. The first kappa shape index (κ1) is 22.9. The van der Waals surface area contributed by atoms with Gasteiger partial charge in [-0.15, -0.1) is 0 Å². The SMILES string of the molecule is CCCc1nc(C)n(CC2CCCCO2)c(=O)c1Cc1ccc(-c2ccccc2C#N)cc1. The van der Waals surface area contributed by atoms with Gasteiger partial charge in [0.15, 0.2) is 0 Å². The molecule has 0 bridgehead atoms. The van der Waals surface area contributed by atoms with E-state index in [2.05, 4.69) is 13.0 Å². The summed E-state index contributed by atoms with van der Waals surface area (Å²) in [4.78, 5) is 18.4. The van der Waals surface area contributed by atoms with Crippen LogP contribution in [-0.2, 0) is 24.1 Å². The van der Waals surface area contributed by atoms with Crippen molar-refractivity contribution < 1.29 is 4.74 Å². The Labute approximate surface area is 195 Å². The largest absolute Gasteiger partial charge is 0.376 e. The average Bonchev–Trinajstić information content (AvgIpc) is 2.85. The van der Waals surface area contributed by atoms with Gasteiger partial charge in [-0.25, -0.2) is 4.98 Å². The number of nitriles is 1. The second kappa shape index (κ2) is 10.6. The minimum atomic E-state index is 0.0547. The molecule has 1 aliphatic heterocycles. The second-order valence-electron chi connectivity index (χ2n) is 8.77. The molecular weight excluding hydrogens is 410 g/mol. The van der Waals surface area contributed by atoms with Gasteiger partial charge >= 0.3 is 0 Å². The van der Waals surface area contributed by atoms with Gasteiger partial charge in [0.2, 0.25) is 0 Å². The van der Waals surface area contributed by atoms with Gasteiger partial charge in [-0.05, 0) is 55.4 Å². The van der Waals surface area contributed by atoms with E-state index in [1.807, 2.05) is 60.0 Å². The Morgan fingerprint density at radius 1 is 1.15 bits per heavy atom. The van der Waals surface area contributed by atoms with Gasteiger partial charge < -0.3 is 4.74 Å². The molecule has 3 aromatic rings. The molecule has 1 aromatic heterocycles. The zero-order valence-electron chi connectivity index (χ0n) is 19.5. The molecule has 2 heterocycles. The van der Waals surface area contributed by atoms with Crippen LogP contribution in [0.25, 0.3) is 11.1 Å². The summed E-state index contributed by atoms with van der Waals surface area (Å²) in [6.45, 7) is 5.38. The Bertz CT molecular complexity index is 1200. The average molecular weight is 442 g/mol. The molecule has 0 N–H and O–H groups in total. The van der Waals surface area contributed by atoms with E-state index >= 15 is 0 Å². The van der Waals surface area contributed by atoms with Crippen LogP contribution in [0.3, 0.4) is 0 Å². The Morgan fingerprint density at radius 2 is 1.94 bits per heavy atom. The van der Waals surface area contributed by atoms with Gasteiger partial charge in [0.25, 0.3) is 5.56 Å². The first-order chi connectivity index (χ1) is 16.1. The lowest BCUT2D eigenvalue weighted by atomic mass is 9.97. The lowest BCUT2D eigenvalue weighted by Crippen LogP contribution is -2.35. The van der Waals surface area contributed by atoms with E-state index in [0.29, 0.717) is 18.5 Å². The van der Waals surface area contributed by atoms with Crippen molar-refractivity contribution in [1.82, 2.24) is 9.55 Å². The molecule has 0 spiro atoms. The quantitative estimate of drug-likeness (QED) is 0.505. The zero-order valence-corrected chi connectivity index (χ0v) is 19.5. The summed E-state index contributed by atoms with van der Waals surface area (Å²) in [7, 11) is 0. The topological polar surface area (TPSA) is 67.9 Å². The van der Waals surface area contributed by atoms with Crippen LogP contribution in [0.4, 0.5) is 0 Å². The second-order valence-corrected chi connectivity index (χ2v) is 8.77. The molecule has 170 valence electrons. The molecule has 0 aliphatic carbocycles. The highest BCUT2D eigenvalue weighted by Gasteiger charge is 2.20. The standard InChI is InChI=1S/C28H31N3O2/c1-3-8-27-26(28(32)31(20(2)30-27)19-24-10-6-7-16-33-24)17-21-12-14-22(15-13-21)25-11-5-4-9-23(25)18-29/h4-5,9,11-15,24H,3,6-8,10,16-17,19H2,1-2H3.